The maximum absolute atomic E-state index is 13.1. The number of aromatic nitrogens is 1. The van der Waals surface area contributed by atoms with Crippen molar-refractivity contribution in [1.82, 2.24) is 10.3 Å². The molecule has 1 heterocycles. The van der Waals surface area contributed by atoms with Gasteiger partial charge in [0.25, 0.3) is 0 Å². The first-order valence-corrected chi connectivity index (χ1v) is 6.82. The molecule has 4 nitrogen and oxygen atoms in total. The summed E-state index contributed by atoms with van der Waals surface area (Å²) in [6.07, 6.45) is 3.21. The van der Waals surface area contributed by atoms with Crippen molar-refractivity contribution in [1.29, 1.82) is 0 Å². The van der Waals surface area contributed by atoms with Gasteiger partial charge in [-0.15, -0.1) is 0 Å². The van der Waals surface area contributed by atoms with E-state index in [0.717, 1.165) is 5.56 Å². The number of carbonyl (C=O) groups is 1. The van der Waals surface area contributed by atoms with Gasteiger partial charge in [0.05, 0.1) is 11.6 Å². The van der Waals surface area contributed by atoms with E-state index in [1.807, 2.05) is 6.92 Å². The van der Waals surface area contributed by atoms with Crippen LogP contribution in [0.2, 0.25) is 5.02 Å². The summed E-state index contributed by atoms with van der Waals surface area (Å²) in [7, 11) is 0. The van der Waals surface area contributed by atoms with Crippen LogP contribution in [0.5, 0.6) is 0 Å². The predicted octanol–water partition coefficient (Wildman–Crippen LogP) is 3.16. The van der Waals surface area contributed by atoms with E-state index < -0.39 is 5.82 Å². The zero-order chi connectivity index (χ0) is 15.2. The minimum absolute atomic E-state index is 0.0717. The highest BCUT2D eigenvalue weighted by Crippen LogP contribution is 2.20. The first-order chi connectivity index (χ1) is 10.1. The predicted molar refractivity (Wildman–Crippen MR) is 80.7 cm³/mol. The number of nitrogens with one attached hydrogen (secondary N) is 2. The zero-order valence-electron chi connectivity index (χ0n) is 11.4. The van der Waals surface area contributed by atoms with Gasteiger partial charge in [0.1, 0.15) is 5.82 Å². The van der Waals surface area contributed by atoms with Crippen LogP contribution >= 0.6 is 11.6 Å². The van der Waals surface area contributed by atoms with Crippen LogP contribution < -0.4 is 10.6 Å². The molecule has 0 aliphatic carbocycles. The third-order valence-corrected chi connectivity index (χ3v) is 3.27. The lowest BCUT2D eigenvalue weighted by molar-refractivity contribution is -0.115. The first-order valence-electron chi connectivity index (χ1n) is 6.44. The van der Waals surface area contributed by atoms with Gasteiger partial charge in [-0.2, -0.15) is 0 Å². The molecule has 0 spiro atoms. The molecule has 21 heavy (non-hydrogen) atoms. The second-order valence-electron chi connectivity index (χ2n) is 4.56. The Labute approximate surface area is 127 Å². The summed E-state index contributed by atoms with van der Waals surface area (Å²) in [6.45, 7) is 2.02. The number of halogens is 2. The molecule has 110 valence electrons. The maximum Gasteiger partial charge on any atom is 0.238 e. The van der Waals surface area contributed by atoms with Crippen molar-refractivity contribution in [2.75, 3.05) is 11.9 Å². The Kier molecular flexibility index (Phi) is 5.25. The van der Waals surface area contributed by atoms with E-state index >= 15 is 0 Å². The Morgan fingerprint density at radius 1 is 1.33 bits per heavy atom. The van der Waals surface area contributed by atoms with Gasteiger partial charge in [-0.1, -0.05) is 17.7 Å². The topological polar surface area (TPSA) is 54.0 Å². The number of anilines is 1. The van der Waals surface area contributed by atoms with Gasteiger partial charge in [0.2, 0.25) is 5.91 Å². The minimum Gasteiger partial charge on any atom is -0.325 e. The van der Waals surface area contributed by atoms with E-state index in [1.54, 1.807) is 36.7 Å². The fourth-order valence-electron chi connectivity index (χ4n) is 1.79. The molecule has 1 aromatic carbocycles. The number of rotatable bonds is 5. The standard InChI is InChI=1S/C15H15ClFN3O/c1-10(11-2-3-14(17)13(16)8-11)19-9-15(21)20-12-4-6-18-7-5-12/h2-8,10,19H,9H2,1H3,(H,18,20,21). The smallest absolute Gasteiger partial charge is 0.238 e. The molecule has 1 unspecified atom stereocenters. The average Bonchev–Trinajstić information content (AvgIpc) is 2.48. The quantitative estimate of drug-likeness (QED) is 0.892. The molecule has 2 rings (SSSR count). The van der Waals surface area contributed by atoms with Crippen molar-refractivity contribution in [2.24, 2.45) is 0 Å². The molecule has 2 aromatic rings. The molecule has 0 bridgehead atoms. The van der Waals surface area contributed by atoms with Gasteiger partial charge in [0.15, 0.2) is 0 Å². The van der Waals surface area contributed by atoms with E-state index in [1.165, 1.54) is 6.07 Å². The van der Waals surface area contributed by atoms with Crippen LogP contribution in [-0.4, -0.2) is 17.4 Å². The second-order valence-corrected chi connectivity index (χ2v) is 4.97. The fourth-order valence-corrected chi connectivity index (χ4v) is 1.97. The van der Waals surface area contributed by atoms with E-state index in [4.69, 9.17) is 11.6 Å². The molecule has 2 N–H and O–H groups in total. The Morgan fingerprint density at radius 3 is 2.71 bits per heavy atom. The highest BCUT2D eigenvalue weighted by atomic mass is 35.5. The van der Waals surface area contributed by atoms with Gasteiger partial charge in [-0.3, -0.25) is 9.78 Å². The summed E-state index contributed by atoms with van der Waals surface area (Å²) in [5, 5.41) is 5.87. The molecule has 0 radical (unpaired) electrons. The van der Waals surface area contributed by atoms with E-state index in [-0.39, 0.29) is 23.5 Å². The van der Waals surface area contributed by atoms with Crippen molar-refractivity contribution in [2.45, 2.75) is 13.0 Å². The summed E-state index contributed by atoms with van der Waals surface area (Å²) in [6, 6.07) is 7.80. The average molecular weight is 308 g/mol. The number of hydrogen-bond donors (Lipinski definition) is 2. The first kappa shape index (κ1) is 15.4. The number of carbonyl (C=O) groups excluding carboxylic acids is 1. The molecule has 1 atom stereocenters. The Morgan fingerprint density at radius 2 is 2.05 bits per heavy atom. The molecule has 0 aliphatic heterocycles. The maximum atomic E-state index is 13.1. The van der Waals surface area contributed by atoms with Gasteiger partial charge >= 0.3 is 0 Å². The van der Waals surface area contributed by atoms with E-state index in [0.29, 0.717) is 5.69 Å². The summed E-state index contributed by atoms with van der Waals surface area (Å²) < 4.78 is 13.1. The summed E-state index contributed by atoms with van der Waals surface area (Å²) in [5.41, 5.74) is 1.51. The van der Waals surface area contributed by atoms with Crippen molar-refractivity contribution in [3.05, 3.63) is 59.1 Å². The van der Waals surface area contributed by atoms with Crippen LogP contribution in [0.25, 0.3) is 0 Å². The van der Waals surface area contributed by atoms with Crippen molar-refractivity contribution >= 4 is 23.2 Å². The highest BCUT2D eigenvalue weighted by molar-refractivity contribution is 6.30. The molecule has 6 heteroatoms. The Hall–Kier alpha value is -1.98. The minimum atomic E-state index is -0.456. The van der Waals surface area contributed by atoms with Crippen molar-refractivity contribution in [3.63, 3.8) is 0 Å². The SMILES string of the molecule is CC(NCC(=O)Nc1ccncc1)c1ccc(F)c(Cl)c1. The molecule has 0 fully saturated rings. The summed E-state index contributed by atoms with van der Waals surface area (Å²) in [5.74, 6) is -0.621. The molecular formula is C15H15ClFN3O. The van der Waals surface area contributed by atoms with Gasteiger partial charge < -0.3 is 10.6 Å². The van der Waals surface area contributed by atoms with Gasteiger partial charge in [0, 0.05) is 24.1 Å². The van der Waals surface area contributed by atoms with Crippen LogP contribution in [0.4, 0.5) is 10.1 Å². The summed E-state index contributed by atoms with van der Waals surface area (Å²) >= 11 is 5.74. The van der Waals surface area contributed by atoms with Crippen LogP contribution in [0, 0.1) is 5.82 Å². The number of amides is 1. The lowest BCUT2D eigenvalue weighted by Gasteiger charge is -2.14. The highest BCUT2D eigenvalue weighted by Gasteiger charge is 2.10. The van der Waals surface area contributed by atoms with Crippen LogP contribution in [0.15, 0.2) is 42.7 Å². The van der Waals surface area contributed by atoms with E-state index in [9.17, 15) is 9.18 Å². The number of hydrogen-bond acceptors (Lipinski definition) is 3. The zero-order valence-corrected chi connectivity index (χ0v) is 12.2. The van der Waals surface area contributed by atoms with Crippen molar-refractivity contribution in [3.8, 4) is 0 Å². The molecular weight excluding hydrogens is 293 g/mol. The Balaban J connectivity index is 1.87. The van der Waals surface area contributed by atoms with Crippen molar-refractivity contribution < 1.29 is 9.18 Å². The monoisotopic (exact) mass is 307 g/mol. The Bertz CT molecular complexity index is 622. The lowest BCUT2D eigenvalue weighted by Crippen LogP contribution is -2.30. The number of pyridine rings is 1. The third-order valence-electron chi connectivity index (χ3n) is 2.98. The van der Waals surface area contributed by atoms with Gasteiger partial charge in [-0.25, -0.2) is 4.39 Å². The molecule has 0 saturated carbocycles. The van der Waals surface area contributed by atoms with E-state index in [2.05, 4.69) is 15.6 Å². The fraction of sp³-hybridized carbons (Fsp3) is 0.200. The second kappa shape index (κ2) is 7.15. The summed E-state index contributed by atoms with van der Waals surface area (Å²) in [4.78, 5) is 15.7. The third kappa shape index (κ3) is 4.51. The van der Waals surface area contributed by atoms with Gasteiger partial charge in [-0.05, 0) is 36.8 Å². The van der Waals surface area contributed by atoms with Crippen LogP contribution in [0.1, 0.15) is 18.5 Å². The number of benzene rings is 1. The molecule has 1 aromatic heterocycles. The lowest BCUT2D eigenvalue weighted by atomic mass is 10.1. The molecule has 0 aliphatic rings. The normalized spacial score (nSPS) is 12.0. The molecule has 0 saturated heterocycles. The van der Waals surface area contributed by atoms with Crippen LogP contribution in [-0.2, 0) is 4.79 Å². The largest absolute Gasteiger partial charge is 0.325 e. The molecule has 1 amide bonds. The van der Waals surface area contributed by atoms with Crippen LogP contribution in [0.3, 0.4) is 0 Å². The number of nitrogens with zero attached hydrogens (tertiary/aromatic N) is 1.